The van der Waals surface area contributed by atoms with Crippen LogP contribution < -0.4 is 4.74 Å². The molecule has 5 nitrogen and oxygen atoms in total. The van der Waals surface area contributed by atoms with Crippen molar-refractivity contribution >= 4 is 16.9 Å². The van der Waals surface area contributed by atoms with Gasteiger partial charge in [-0.05, 0) is 32.0 Å². The molecule has 2 aromatic rings. The fourth-order valence-corrected chi connectivity index (χ4v) is 1.74. The lowest BCUT2D eigenvalue weighted by atomic mass is 10.1. The summed E-state index contributed by atoms with van der Waals surface area (Å²) in [7, 11) is 1.27. The van der Waals surface area contributed by atoms with E-state index in [1.54, 1.807) is 18.2 Å². The van der Waals surface area contributed by atoms with Crippen LogP contribution in [0.3, 0.4) is 0 Å². The summed E-state index contributed by atoms with van der Waals surface area (Å²) in [4.78, 5) is 15.5. The Bertz CT molecular complexity index is 622. The highest BCUT2D eigenvalue weighted by Crippen LogP contribution is 2.28. The van der Waals surface area contributed by atoms with Crippen LogP contribution in [0.4, 0.5) is 0 Å². The summed E-state index contributed by atoms with van der Waals surface area (Å²) in [6.07, 6.45) is 0.0434. The van der Waals surface area contributed by atoms with Crippen molar-refractivity contribution in [2.45, 2.75) is 20.0 Å². The maximum Gasteiger partial charge on any atom is 0.356 e. The molecule has 0 atom stereocenters. The molecule has 5 heteroatoms. The first-order valence-electron chi connectivity index (χ1n) is 5.90. The lowest BCUT2D eigenvalue weighted by Gasteiger charge is -2.11. The molecule has 0 aliphatic rings. The molecule has 2 rings (SSSR count). The van der Waals surface area contributed by atoms with E-state index < -0.39 is 5.97 Å². The Hall–Kier alpha value is -2.30. The molecular formula is C14H15NO4. The predicted molar refractivity (Wildman–Crippen MR) is 70.5 cm³/mol. The zero-order chi connectivity index (χ0) is 14.0. The molecule has 0 aliphatic carbocycles. The fraction of sp³-hybridized carbons (Fsp3) is 0.286. The fourth-order valence-electron chi connectivity index (χ4n) is 1.74. The Kier molecular flexibility index (Phi) is 3.55. The molecule has 1 aromatic heterocycles. The Balaban J connectivity index is 2.50. The summed E-state index contributed by atoms with van der Waals surface area (Å²) >= 11 is 0. The third-order valence-electron chi connectivity index (χ3n) is 2.52. The number of esters is 1. The number of rotatable bonds is 3. The van der Waals surface area contributed by atoms with Crippen LogP contribution in [0.2, 0.25) is 0 Å². The minimum atomic E-state index is -0.584. The Morgan fingerprint density at radius 3 is 2.68 bits per heavy atom. The lowest BCUT2D eigenvalue weighted by Crippen LogP contribution is -2.06. The summed E-state index contributed by atoms with van der Waals surface area (Å²) in [5.74, 6) is 0.0322. The van der Waals surface area contributed by atoms with E-state index in [0.717, 1.165) is 0 Å². The molecule has 1 heterocycles. The molecule has 0 saturated heterocycles. The highest BCUT2D eigenvalue weighted by atomic mass is 16.5. The van der Waals surface area contributed by atoms with E-state index in [-0.39, 0.29) is 17.5 Å². The minimum Gasteiger partial charge on any atom is -0.507 e. The zero-order valence-corrected chi connectivity index (χ0v) is 11.0. The van der Waals surface area contributed by atoms with Gasteiger partial charge in [-0.15, -0.1) is 0 Å². The third kappa shape index (κ3) is 2.76. The molecule has 0 bridgehead atoms. The van der Waals surface area contributed by atoms with Gasteiger partial charge >= 0.3 is 5.97 Å². The quantitative estimate of drug-likeness (QED) is 0.860. The number of carbonyl (C=O) groups is 1. The molecule has 0 unspecified atom stereocenters. The van der Waals surface area contributed by atoms with Crippen LogP contribution in [0.25, 0.3) is 10.9 Å². The number of nitrogens with zero attached hydrogens (tertiary/aromatic N) is 1. The maximum atomic E-state index is 11.4. The highest BCUT2D eigenvalue weighted by Gasteiger charge is 2.12. The first-order chi connectivity index (χ1) is 9.01. The number of aromatic nitrogens is 1. The number of hydrogen-bond acceptors (Lipinski definition) is 5. The van der Waals surface area contributed by atoms with Gasteiger partial charge in [-0.3, -0.25) is 0 Å². The first-order valence-corrected chi connectivity index (χ1v) is 5.90. The summed E-state index contributed by atoms with van der Waals surface area (Å²) in [6, 6.07) is 6.42. The van der Waals surface area contributed by atoms with Gasteiger partial charge in [-0.25, -0.2) is 9.78 Å². The number of pyridine rings is 1. The van der Waals surface area contributed by atoms with E-state index in [0.29, 0.717) is 16.7 Å². The summed E-state index contributed by atoms with van der Waals surface area (Å²) in [5.41, 5.74) is 0.585. The van der Waals surface area contributed by atoms with Gasteiger partial charge < -0.3 is 14.6 Å². The molecule has 0 aliphatic heterocycles. The summed E-state index contributed by atoms with van der Waals surface area (Å²) in [6.45, 7) is 3.84. The first kappa shape index (κ1) is 13.1. The van der Waals surface area contributed by atoms with Crippen molar-refractivity contribution in [1.29, 1.82) is 0 Å². The number of ether oxygens (including phenoxy) is 2. The van der Waals surface area contributed by atoms with Gasteiger partial charge in [0.2, 0.25) is 0 Å². The number of hydrogen-bond donors (Lipinski definition) is 1. The van der Waals surface area contributed by atoms with Gasteiger partial charge in [0.15, 0.2) is 5.69 Å². The number of benzene rings is 1. The Morgan fingerprint density at radius 2 is 2.05 bits per heavy atom. The maximum absolute atomic E-state index is 11.4. The smallest absolute Gasteiger partial charge is 0.356 e. The Labute approximate surface area is 110 Å². The number of aromatic hydroxyl groups is 1. The normalized spacial score (nSPS) is 10.7. The largest absolute Gasteiger partial charge is 0.507 e. The third-order valence-corrected chi connectivity index (χ3v) is 2.52. The van der Waals surface area contributed by atoms with Crippen LogP contribution in [0.5, 0.6) is 11.5 Å². The summed E-state index contributed by atoms with van der Waals surface area (Å²) in [5, 5.41) is 10.5. The van der Waals surface area contributed by atoms with Gasteiger partial charge in [0.05, 0.1) is 18.7 Å². The monoisotopic (exact) mass is 261 g/mol. The molecular weight excluding hydrogens is 246 g/mol. The van der Waals surface area contributed by atoms with Crippen molar-refractivity contribution in [2.24, 2.45) is 0 Å². The molecule has 0 fully saturated rings. The van der Waals surface area contributed by atoms with Gasteiger partial charge in [0.1, 0.15) is 11.5 Å². The molecule has 1 N–H and O–H groups in total. The van der Waals surface area contributed by atoms with Gasteiger partial charge in [-0.1, -0.05) is 0 Å². The average Bonchev–Trinajstić information content (AvgIpc) is 2.37. The molecule has 100 valence electrons. The van der Waals surface area contributed by atoms with Crippen LogP contribution in [-0.4, -0.2) is 29.3 Å². The van der Waals surface area contributed by atoms with Gasteiger partial charge in [0.25, 0.3) is 0 Å². The van der Waals surface area contributed by atoms with Gasteiger partial charge in [0, 0.05) is 11.5 Å². The summed E-state index contributed by atoms with van der Waals surface area (Å²) < 4.78 is 10.1. The average molecular weight is 261 g/mol. The molecule has 0 saturated carbocycles. The van der Waals surface area contributed by atoms with Crippen molar-refractivity contribution in [3.05, 3.63) is 30.0 Å². The van der Waals surface area contributed by atoms with E-state index in [9.17, 15) is 9.90 Å². The topological polar surface area (TPSA) is 68.7 Å². The van der Waals surface area contributed by atoms with Crippen LogP contribution in [-0.2, 0) is 4.74 Å². The number of carbonyl (C=O) groups excluding carboxylic acids is 1. The van der Waals surface area contributed by atoms with Crippen LogP contribution >= 0.6 is 0 Å². The van der Waals surface area contributed by atoms with Crippen molar-refractivity contribution in [3.63, 3.8) is 0 Å². The second-order valence-corrected chi connectivity index (χ2v) is 4.36. The van der Waals surface area contributed by atoms with Crippen molar-refractivity contribution in [1.82, 2.24) is 4.98 Å². The van der Waals surface area contributed by atoms with Crippen molar-refractivity contribution in [2.75, 3.05) is 7.11 Å². The van der Waals surface area contributed by atoms with Crippen molar-refractivity contribution in [3.8, 4) is 11.5 Å². The second kappa shape index (κ2) is 5.14. The predicted octanol–water partition coefficient (Wildman–Crippen LogP) is 2.51. The van der Waals surface area contributed by atoms with Crippen LogP contribution in [0, 0.1) is 0 Å². The highest BCUT2D eigenvalue weighted by molar-refractivity contribution is 5.94. The van der Waals surface area contributed by atoms with Crippen molar-refractivity contribution < 1.29 is 19.4 Å². The second-order valence-electron chi connectivity index (χ2n) is 4.36. The number of fused-ring (bicyclic) bond motifs is 1. The number of methoxy groups -OCH3 is 1. The van der Waals surface area contributed by atoms with E-state index in [1.807, 2.05) is 13.8 Å². The van der Waals surface area contributed by atoms with Crippen LogP contribution in [0.15, 0.2) is 24.3 Å². The lowest BCUT2D eigenvalue weighted by molar-refractivity contribution is 0.0594. The molecule has 0 amide bonds. The standard InChI is InChI=1S/C14H15NO4/c1-8(2)19-9-4-5-11-10(6-9)13(16)7-12(15-11)14(17)18-3/h4-8H,1-3H3,(H,15,16). The van der Waals surface area contributed by atoms with E-state index >= 15 is 0 Å². The van der Waals surface area contributed by atoms with Gasteiger partial charge in [-0.2, -0.15) is 0 Å². The van der Waals surface area contributed by atoms with Crippen LogP contribution in [0.1, 0.15) is 24.3 Å². The zero-order valence-electron chi connectivity index (χ0n) is 11.0. The van der Waals surface area contributed by atoms with E-state index in [4.69, 9.17) is 4.74 Å². The molecule has 1 aromatic carbocycles. The van der Waals surface area contributed by atoms with E-state index in [1.165, 1.54) is 13.2 Å². The Morgan fingerprint density at radius 1 is 1.32 bits per heavy atom. The SMILES string of the molecule is COC(=O)c1cc(O)c2cc(OC(C)C)ccc2n1. The molecule has 0 spiro atoms. The molecule has 0 radical (unpaired) electrons. The van der Waals surface area contributed by atoms with E-state index in [2.05, 4.69) is 9.72 Å². The minimum absolute atomic E-state index is 0.0281. The molecule has 19 heavy (non-hydrogen) atoms.